The van der Waals surface area contributed by atoms with Crippen LogP contribution in [0.5, 0.6) is 5.75 Å². The zero-order chi connectivity index (χ0) is 20.1. The Bertz CT molecular complexity index is 1100. The van der Waals surface area contributed by atoms with Crippen molar-refractivity contribution >= 4 is 27.5 Å². The van der Waals surface area contributed by atoms with E-state index < -0.39 is 0 Å². The molecule has 2 aromatic heterocycles. The van der Waals surface area contributed by atoms with Crippen molar-refractivity contribution in [1.29, 1.82) is 0 Å². The van der Waals surface area contributed by atoms with Gasteiger partial charge < -0.3 is 14.6 Å². The van der Waals surface area contributed by atoms with Gasteiger partial charge in [0, 0.05) is 33.7 Å². The number of ether oxygens (including phenoxy) is 1. The molecule has 7 nitrogen and oxygen atoms in total. The van der Waals surface area contributed by atoms with Crippen LogP contribution in [0.3, 0.4) is 0 Å². The van der Waals surface area contributed by atoms with E-state index in [0.717, 1.165) is 10.0 Å². The van der Waals surface area contributed by atoms with Gasteiger partial charge in [-0.25, -0.2) is 0 Å². The number of hydrogen-bond acceptors (Lipinski definition) is 6. The molecule has 0 atom stereocenters. The number of nitrogens with one attached hydrogen (secondary N) is 1. The van der Waals surface area contributed by atoms with Gasteiger partial charge >= 0.3 is 0 Å². The maximum absolute atomic E-state index is 12.2. The number of halogens is 1. The quantitative estimate of drug-likeness (QED) is 0.456. The lowest BCUT2D eigenvalue weighted by atomic mass is 10.2. The van der Waals surface area contributed by atoms with Gasteiger partial charge in [0.05, 0.1) is 0 Å². The third-order valence-corrected chi connectivity index (χ3v) is 4.52. The topological polar surface area (TPSA) is 90.1 Å². The van der Waals surface area contributed by atoms with E-state index >= 15 is 0 Å². The molecule has 1 amide bonds. The summed E-state index contributed by atoms with van der Waals surface area (Å²) in [4.78, 5) is 20.4. The van der Waals surface area contributed by atoms with Crippen LogP contribution < -0.4 is 10.1 Å². The fourth-order valence-corrected chi connectivity index (χ4v) is 2.78. The van der Waals surface area contributed by atoms with Crippen molar-refractivity contribution in [2.75, 3.05) is 5.32 Å². The molecule has 144 valence electrons. The summed E-state index contributed by atoms with van der Waals surface area (Å²) in [5, 5.41) is 6.81. The van der Waals surface area contributed by atoms with Crippen LogP contribution in [0.2, 0.25) is 0 Å². The summed E-state index contributed by atoms with van der Waals surface area (Å²) in [6, 6.07) is 18.0. The van der Waals surface area contributed by atoms with Gasteiger partial charge in [-0.3, -0.25) is 9.78 Å². The predicted molar refractivity (Wildman–Crippen MR) is 110 cm³/mol. The Morgan fingerprint density at radius 3 is 2.45 bits per heavy atom. The lowest BCUT2D eigenvalue weighted by Gasteiger charge is -2.05. The number of pyridine rings is 1. The highest BCUT2D eigenvalue weighted by atomic mass is 79.9. The average Bonchev–Trinajstić information content (AvgIpc) is 3.23. The maximum Gasteiger partial charge on any atom is 0.264 e. The number of anilines is 1. The summed E-state index contributed by atoms with van der Waals surface area (Å²) in [6.07, 6.45) is 3.15. The molecule has 0 spiro atoms. The van der Waals surface area contributed by atoms with Crippen molar-refractivity contribution in [1.82, 2.24) is 15.1 Å². The number of aromatic nitrogens is 3. The Labute approximate surface area is 174 Å². The predicted octanol–water partition coefficient (Wildman–Crippen LogP) is 4.73. The smallest absolute Gasteiger partial charge is 0.264 e. The number of hydrogen-bond donors (Lipinski definition) is 1. The fraction of sp³-hybridized carbons (Fsp3) is 0.0476. The lowest BCUT2D eigenvalue weighted by molar-refractivity contribution is 0.102. The van der Waals surface area contributed by atoms with Crippen LogP contribution in [-0.4, -0.2) is 21.0 Å². The molecule has 0 aliphatic carbocycles. The highest BCUT2D eigenvalue weighted by molar-refractivity contribution is 9.10. The second kappa shape index (κ2) is 8.66. The standard InChI is InChI=1S/C21H15BrN4O3/c22-16-3-7-18(8-4-16)28-13-19-25-20(26-29-19)14-1-5-17(6-2-14)24-21(27)15-9-11-23-12-10-15/h1-12H,13H2,(H,24,27). The summed E-state index contributed by atoms with van der Waals surface area (Å²) in [5.41, 5.74) is 1.97. The van der Waals surface area contributed by atoms with Crippen LogP contribution in [0.1, 0.15) is 16.2 Å². The van der Waals surface area contributed by atoms with Gasteiger partial charge in [0.2, 0.25) is 5.82 Å². The van der Waals surface area contributed by atoms with Crippen LogP contribution in [0.4, 0.5) is 5.69 Å². The van der Waals surface area contributed by atoms with Gasteiger partial charge in [0.1, 0.15) is 5.75 Å². The Balaban J connectivity index is 1.38. The van der Waals surface area contributed by atoms with E-state index in [1.54, 1.807) is 36.7 Å². The molecule has 0 unspecified atom stereocenters. The van der Waals surface area contributed by atoms with Gasteiger partial charge in [-0.15, -0.1) is 0 Å². The lowest BCUT2D eigenvalue weighted by Crippen LogP contribution is -2.11. The monoisotopic (exact) mass is 450 g/mol. The summed E-state index contributed by atoms with van der Waals surface area (Å²) in [7, 11) is 0. The Kier molecular flexibility index (Phi) is 5.62. The Morgan fingerprint density at radius 2 is 1.72 bits per heavy atom. The molecule has 0 bridgehead atoms. The van der Waals surface area contributed by atoms with Gasteiger partial charge in [0.25, 0.3) is 11.8 Å². The summed E-state index contributed by atoms with van der Waals surface area (Å²) >= 11 is 3.38. The molecule has 0 saturated carbocycles. The van der Waals surface area contributed by atoms with Crippen LogP contribution in [0.25, 0.3) is 11.4 Å². The third-order valence-electron chi connectivity index (χ3n) is 3.99. The van der Waals surface area contributed by atoms with E-state index in [-0.39, 0.29) is 12.5 Å². The minimum atomic E-state index is -0.202. The molecule has 8 heteroatoms. The van der Waals surface area contributed by atoms with Crippen molar-refractivity contribution < 1.29 is 14.1 Å². The molecule has 1 N–H and O–H groups in total. The van der Waals surface area contributed by atoms with E-state index in [2.05, 4.69) is 36.4 Å². The Morgan fingerprint density at radius 1 is 1.00 bits per heavy atom. The van der Waals surface area contributed by atoms with Crippen LogP contribution in [0, 0.1) is 0 Å². The SMILES string of the molecule is O=C(Nc1ccc(-c2noc(COc3ccc(Br)cc3)n2)cc1)c1ccncc1. The van der Waals surface area contributed by atoms with Crippen molar-refractivity contribution in [2.45, 2.75) is 6.61 Å². The second-order valence-electron chi connectivity index (χ2n) is 6.02. The van der Waals surface area contributed by atoms with E-state index in [0.29, 0.717) is 28.7 Å². The molecule has 0 radical (unpaired) electrons. The molecular weight excluding hydrogens is 436 g/mol. The summed E-state index contributed by atoms with van der Waals surface area (Å²) in [5.74, 6) is 1.33. The molecule has 0 aliphatic rings. The molecular formula is C21H15BrN4O3. The average molecular weight is 451 g/mol. The minimum absolute atomic E-state index is 0.175. The number of nitrogens with zero attached hydrogens (tertiary/aromatic N) is 3. The highest BCUT2D eigenvalue weighted by Gasteiger charge is 2.10. The molecule has 29 heavy (non-hydrogen) atoms. The van der Waals surface area contributed by atoms with E-state index in [1.165, 1.54) is 0 Å². The van der Waals surface area contributed by atoms with Gasteiger partial charge in [-0.05, 0) is 60.7 Å². The van der Waals surface area contributed by atoms with Crippen LogP contribution >= 0.6 is 15.9 Å². The van der Waals surface area contributed by atoms with Gasteiger partial charge in [-0.2, -0.15) is 4.98 Å². The Hall–Kier alpha value is -3.52. The molecule has 0 aliphatic heterocycles. The van der Waals surface area contributed by atoms with E-state index in [4.69, 9.17) is 9.26 Å². The number of benzene rings is 2. The van der Waals surface area contributed by atoms with Gasteiger partial charge in [-0.1, -0.05) is 21.1 Å². The van der Waals surface area contributed by atoms with Crippen molar-refractivity contribution in [3.8, 4) is 17.1 Å². The molecule has 0 fully saturated rings. The minimum Gasteiger partial charge on any atom is -0.484 e. The number of rotatable bonds is 6. The van der Waals surface area contributed by atoms with Crippen LogP contribution in [0.15, 0.2) is 82.1 Å². The largest absolute Gasteiger partial charge is 0.484 e. The first-order valence-electron chi connectivity index (χ1n) is 8.70. The zero-order valence-electron chi connectivity index (χ0n) is 15.1. The molecule has 0 saturated heterocycles. The maximum atomic E-state index is 12.2. The summed E-state index contributed by atoms with van der Waals surface area (Å²) in [6.45, 7) is 0.175. The fourth-order valence-electron chi connectivity index (χ4n) is 2.52. The van der Waals surface area contributed by atoms with Crippen molar-refractivity contribution in [2.24, 2.45) is 0 Å². The van der Waals surface area contributed by atoms with Gasteiger partial charge in [0.15, 0.2) is 6.61 Å². The normalized spacial score (nSPS) is 10.5. The molecule has 4 rings (SSSR count). The van der Waals surface area contributed by atoms with Crippen LogP contribution in [-0.2, 0) is 6.61 Å². The molecule has 4 aromatic rings. The highest BCUT2D eigenvalue weighted by Crippen LogP contribution is 2.21. The first-order chi connectivity index (χ1) is 14.2. The number of carbonyl (C=O) groups excluding carboxylic acids is 1. The first-order valence-corrected chi connectivity index (χ1v) is 9.49. The zero-order valence-corrected chi connectivity index (χ0v) is 16.7. The van der Waals surface area contributed by atoms with E-state index in [1.807, 2.05) is 36.4 Å². The summed E-state index contributed by atoms with van der Waals surface area (Å²) < 4.78 is 11.9. The number of carbonyl (C=O) groups is 1. The van der Waals surface area contributed by atoms with Crippen molar-refractivity contribution in [3.05, 3.63) is 89.0 Å². The molecule has 2 heterocycles. The molecule has 2 aromatic carbocycles. The van der Waals surface area contributed by atoms with Crippen molar-refractivity contribution in [3.63, 3.8) is 0 Å². The third kappa shape index (κ3) is 4.85. The first kappa shape index (κ1) is 18.8. The van der Waals surface area contributed by atoms with E-state index in [9.17, 15) is 4.79 Å². The number of amides is 1. The second-order valence-corrected chi connectivity index (χ2v) is 6.94.